The highest BCUT2D eigenvalue weighted by molar-refractivity contribution is 6.83. The third kappa shape index (κ3) is 6.74. The van der Waals surface area contributed by atoms with Crippen LogP contribution in [0.2, 0.25) is 38.8 Å². The molecule has 0 aliphatic rings. The van der Waals surface area contributed by atoms with Gasteiger partial charge in [-0.3, -0.25) is 0 Å². The minimum absolute atomic E-state index is 0.959. The smallest absolute Gasteiger partial charge is 0.0142 e. The third-order valence-electron chi connectivity index (χ3n) is 2.05. The maximum Gasteiger partial charge on any atom is -0.0142 e. The zero-order chi connectivity index (χ0) is 9.83. The van der Waals surface area contributed by atoms with Crippen molar-refractivity contribution in [2.45, 2.75) is 45.7 Å². The van der Waals surface area contributed by atoms with Crippen LogP contribution in [0.15, 0.2) is 11.8 Å². The van der Waals surface area contributed by atoms with Crippen LogP contribution < -0.4 is 0 Å². The normalized spacial score (nSPS) is 13.8. The molecule has 0 aromatic rings. The first kappa shape index (κ1) is 12.0. The van der Waals surface area contributed by atoms with Crippen molar-refractivity contribution in [2.24, 2.45) is 0 Å². The maximum absolute atomic E-state index is 2.46. The molecule has 2 heteroatoms. The predicted molar refractivity (Wildman–Crippen MR) is 64.7 cm³/mol. The van der Waals surface area contributed by atoms with Crippen LogP contribution in [0.4, 0.5) is 0 Å². The quantitative estimate of drug-likeness (QED) is 0.476. The van der Waals surface area contributed by atoms with E-state index in [-0.39, 0.29) is 0 Å². The summed E-state index contributed by atoms with van der Waals surface area (Å²) in [6.07, 6.45) is 2.32. The van der Waals surface area contributed by atoms with E-state index in [1.165, 1.54) is 6.04 Å². The molecule has 0 rings (SSSR count). The Labute approximate surface area is 80.1 Å². The maximum atomic E-state index is 2.46. The van der Waals surface area contributed by atoms with Crippen molar-refractivity contribution in [2.75, 3.05) is 0 Å². The zero-order valence-electron chi connectivity index (χ0n) is 9.44. The van der Waals surface area contributed by atoms with Crippen molar-refractivity contribution < 1.29 is 0 Å². The average molecular weight is 199 g/mol. The largest absolute Gasteiger partial charge is 0.235 e. The molecule has 0 heterocycles. The summed E-state index contributed by atoms with van der Waals surface area (Å²) in [5.41, 5.74) is 2.46. The summed E-state index contributed by atoms with van der Waals surface area (Å²) in [5, 5.41) is 0. The molecular formula is C10H23Si2-. The fourth-order valence-corrected chi connectivity index (χ4v) is 2.43. The first-order chi connectivity index (χ1) is 5.27. The van der Waals surface area contributed by atoms with E-state index in [0.717, 1.165) is 0 Å². The van der Waals surface area contributed by atoms with Gasteiger partial charge in [-0.05, 0) is 16.1 Å². The summed E-state index contributed by atoms with van der Waals surface area (Å²) in [6, 6.07) is 3.78. The van der Waals surface area contributed by atoms with Crippen LogP contribution in [0.25, 0.3) is 0 Å². The van der Waals surface area contributed by atoms with Gasteiger partial charge in [0, 0.05) is 0 Å². The molecule has 72 valence electrons. The van der Waals surface area contributed by atoms with Gasteiger partial charge in [0.25, 0.3) is 0 Å². The molecule has 0 nitrogen and oxygen atoms in total. The molecule has 0 aromatic carbocycles. The Kier molecular flexibility index (Phi) is 4.34. The van der Waals surface area contributed by atoms with Crippen LogP contribution in [-0.2, 0) is 0 Å². The lowest BCUT2D eigenvalue weighted by molar-refractivity contribution is 1.37. The Balaban J connectivity index is 3.92. The molecule has 12 heavy (non-hydrogen) atoms. The Morgan fingerprint density at radius 2 is 1.58 bits per heavy atom. The van der Waals surface area contributed by atoms with Gasteiger partial charge in [0.05, 0.1) is 0 Å². The topological polar surface area (TPSA) is 0 Å². The lowest BCUT2D eigenvalue weighted by Gasteiger charge is -2.24. The third-order valence-corrected chi connectivity index (χ3v) is 6.16. The summed E-state index contributed by atoms with van der Waals surface area (Å²) in [4.78, 5) is 0. The predicted octanol–water partition coefficient (Wildman–Crippen LogP) is 3.89. The van der Waals surface area contributed by atoms with E-state index in [1.807, 2.05) is 0 Å². The Bertz CT molecular complexity index is 152. The lowest BCUT2D eigenvalue weighted by atomic mass is 10.8. The number of hydrogen-bond acceptors (Lipinski definition) is 0. The molecule has 0 amide bonds. The van der Waals surface area contributed by atoms with Crippen LogP contribution in [0.1, 0.15) is 6.92 Å². The Hall–Kier alpha value is 0.0438. The Morgan fingerprint density at radius 1 is 1.08 bits per heavy atom. The van der Waals surface area contributed by atoms with Crippen molar-refractivity contribution in [3.8, 4) is 0 Å². The summed E-state index contributed by atoms with van der Waals surface area (Å²) >= 11 is 0. The first-order valence-electron chi connectivity index (χ1n) is 4.80. The second kappa shape index (κ2) is 4.33. The summed E-state index contributed by atoms with van der Waals surface area (Å²) in [5.74, 6) is 0. The second-order valence-electron chi connectivity index (χ2n) is 5.23. The minimum atomic E-state index is -0.967. The van der Waals surface area contributed by atoms with Crippen LogP contribution >= 0.6 is 0 Å². The molecule has 0 radical (unpaired) electrons. The van der Waals surface area contributed by atoms with Crippen molar-refractivity contribution in [1.82, 2.24) is 0 Å². The highest BCUT2D eigenvalue weighted by atomic mass is 28.3. The van der Waals surface area contributed by atoms with Crippen LogP contribution in [0, 0.1) is 6.04 Å². The molecule has 0 spiro atoms. The number of rotatable bonds is 4. The van der Waals surface area contributed by atoms with Crippen LogP contribution in [-0.4, -0.2) is 16.1 Å². The fourth-order valence-electron chi connectivity index (χ4n) is 0.715. The van der Waals surface area contributed by atoms with E-state index < -0.39 is 16.1 Å². The number of allylic oxidation sites excluding steroid dienone is 1. The molecule has 0 aromatic heterocycles. The summed E-state index contributed by atoms with van der Waals surface area (Å²) in [7, 11) is -1.93. The van der Waals surface area contributed by atoms with E-state index in [9.17, 15) is 0 Å². The molecule has 0 atom stereocenters. The molecule has 0 N–H and O–H groups in total. The van der Waals surface area contributed by atoms with Gasteiger partial charge in [-0.2, -0.15) is 0 Å². The zero-order valence-corrected chi connectivity index (χ0v) is 11.4. The molecule has 0 bridgehead atoms. The minimum Gasteiger partial charge on any atom is -0.235 e. The molecule has 0 fully saturated rings. The van der Waals surface area contributed by atoms with Gasteiger partial charge >= 0.3 is 0 Å². The van der Waals surface area contributed by atoms with Gasteiger partial charge in [0.2, 0.25) is 0 Å². The van der Waals surface area contributed by atoms with E-state index in [2.05, 4.69) is 57.5 Å². The van der Waals surface area contributed by atoms with E-state index >= 15 is 0 Å². The van der Waals surface area contributed by atoms with Gasteiger partial charge in [-0.15, -0.1) is 0 Å². The lowest BCUT2D eigenvalue weighted by Crippen LogP contribution is -2.23. The monoisotopic (exact) mass is 199 g/mol. The van der Waals surface area contributed by atoms with E-state index in [1.54, 1.807) is 0 Å². The van der Waals surface area contributed by atoms with Gasteiger partial charge in [-0.1, -0.05) is 45.7 Å². The van der Waals surface area contributed by atoms with Crippen LogP contribution in [0.5, 0.6) is 0 Å². The van der Waals surface area contributed by atoms with E-state index in [0.29, 0.717) is 0 Å². The van der Waals surface area contributed by atoms with Gasteiger partial charge in [0.15, 0.2) is 0 Å². The molecular weight excluding hydrogens is 176 g/mol. The standard InChI is InChI=1S/C10H23Si2/c1-7-12(5,6)10-8-9-11(2,3)4/h8-10H,7H2,1-6H3/q-1/b10-8+. The first-order valence-corrected chi connectivity index (χ1v) is 11.7. The molecule has 0 aliphatic heterocycles. The van der Waals surface area contributed by atoms with Crippen molar-refractivity contribution in [3.63, 3.8) is 0 Å². The summed E-state index contributed by atoms with van der Waals surface area (Å²) in [6.45, 7) is 14.3. The SMILES string of the molecule is CC[Si](C)(C)/C=C/[CH-][Si](C)(C)C. The fraction of sp³-hybridized carbons (Fsp3) is 0.700. The molecule has 0 unspecified atom stereocenters. The van der Waals surface area contributed by atoms with Gasteiger partial charge < -0.3 is 0 Å². The number of hydrogen-bond donors (Lipinski definition) is 0. The second-order valence-corrected chi connectivity index (χ2v) is 15.3. The summed E-state index contributed by atoms with van der Waals surface area (Å²) < 4.78 is 0. The van der Waals surface area contributed by atoms with Gasteiger partial charge in [0.1, 0.15) is 0 Å². The molecule has 0 aliphatic carbocycles. The van der Waals surface area contributed by atoms with Gasteiger partial charge in [-0.25, -0.2) is 17.8 Å². The molecule has 0 saturated carbocycles. The van der Waals surface area contributed by atoms with Crippen molar-refractivity contribution in [1.29, 1.82) is 0 Å². The highest BCUT2D eigenvalue weighted by Gasteiger charge is 2.07. The molecule has 0 saturated heterocycles. The van der Waals surface area contributed by atoms with Crippen LogP contribution in [0.3, 0.4) is 0 Å². The Morgan fingerprint density at radius 3 is 1.92 bits per heavy atom. The highest BCUT2D eigenvalue weighted by Crippen LogP contribution is 2.12. The van der Waals surface area contributed by atoms with E-state index in [4.69, 9.17) is 0 Å². The van der Waals surface area contributed by atoms with Crippen molar-refractivity contribution in [3.05, 3.63) is 17.8 Å². The average Bonchev–Trinajstić information content (AvgIpc) is 1.84. The van der Waals surface area contributed by atoms with Crippen molar-refractivity contribution >= 4 is 16.1 Å².